The first-order chi connectivity index (χ1) is 14.7. The van der Waals surface area contributed by atoms with Crippen molar-refractivity contribution in [1.29, 1.82) is 0 Å². The summed E-state index contributed by atoms with van der Waals surface area (Å²) in [6.07, 6.45) is 11.0. The molecule has 0 aromatic rings. The monoisotopic (exact) mass is 438 g/mol. The fourth-order valence-electron chi connectivity index (χ4n) is 10.9. The molecule has 2 nitrogen and oxygen atoms in total. The molecule has 0 aliphatic heterocycles. The van der Waals surface area contributed by atoms with Gasteiger partial charge in [0.25, 0.3) is 0 Å². The van der Waals surface area contributed by atoms with Crippen molar-refractivity contribution >= 4 is 11.6 Å². The Hall–Kier alpha value is -0.920. The first-order valence-electron chi connectivity index (χ1n) is 13.5. The van der Waals surface area contributed by atoms with Crippen molar-refractivity contribution in [2.75, 3.05) is 0 Å². The number of ketones is 2. The lowest BCUT2D eigenvalue weighted by atomic mass is 9.31. The summed E-state index contributed by atoms with van der Waals surface area (Å²) < 4.78 is 0. The van der Waals surface area contributed by atoms with Crippen LogP contribution in [0.5, 0.6) is 0 Å². The van der Waals surface area contributed by atoms with Crippen LogP contribution in [0.25, 0.3) is 0 Å². The zero-order chi connectivity index (χ0) is 23.5. The van der Waals surface area contributed by atoms with Gasteiger partial charge in [-0.2, -0.15) is 0 Å². The molecule has 5 aliphatic carbocycles. The van der Waals surface area contributed by atoms with Crippen LogP contribution in [0, 0.1) is 56.7 Å². The van der Waals surface area contributed by atoms with E-state index in [1.807, 2.05) is 6.08 Å². The topological polar surface area (TPSA) is 34.1 Å². The summed E-state index contributed by atoms with van der Waals surface area (Å²) in [6.45, 7) is 19.2. The molecule has 0 radical (unpaired) electrons. The second kappa shape index (κ2) is 6.60. The highest BCUT2D eigenvalue weighted by molar-refractivity contribution is 5.96. The van der Waals surface area contributed by atoms with Gasteiger partial charge in [0.15, 0.2) is 5.78 Å². The molecule has 0 spiro atoms. The van der Waals surface area contributed by atoms with Gasteiger partial charge in [0.05, 0.1) is 0 Å². The van der Waals surface area contributed by atoms with Crippen LogP contribution in [0.1, 0.15) is 107 Å². The number of allylic oxidation sites excluding steroid dienone is 2. The minimum absolute atomic E-state index is 0.174. The van der Waals surface area contributed by atoms with E-state index >= 15 is 0 Å². The van der Waals surface area contributed by atoms with E-state index in [2.05, 4.69) is 55.4 Å². The minimum Gasteiger partial charge on any atom is -0.299 e. The van der Waals surface area contributed by atoms with E-state index in [-0.39, 0.29) is 21.7 Å². The van der Waals surface area contributed by atoms with E-state index < -0.39 is 0 Å². The maximum absolute atomic E-state index is 13.3. The van der Waals surface area contributed by atoms with Crippen molar-refractivity contribution in [3.8, 4) is 0 Å². The van der Waals surface area contributed by atoms with Gasteiger partial charge in [-0.1, -0.05) is 54.0 Å². The second-order valence-electron chi connectivity index (χ2n) is 14.3. The summed E-state index contributed by atoms with van der Waals surface area (Å²) in [5.74, 6) is 3.71. The van der Waals surface area contributed by atoms with Gasteiger partial charge in [-0.25, -0.2) is 0 Å². The zero-order valence-corrected chi connectivity index (χ0v) is 21.9. The highest BCUT2D eigenvalue weighted by Crippen LogP contribution is 2.76. The Morgan fingerprint density at radius 1 is 0.812 bits per heavy atom. The van der Waals surface area contributed by atoms with Crippen LogP contribution in [0.15, 0.2) is 11.6 Å². The number of hydrogen-bond acceptors (Lipinski definition) is 2. The maximum atomic E-state index is 13.3. The van der Waals surface area contributed by atoms with Crippen LogP contribution in [0.4, 0.5) is 0 Å². The normalized spacial score (nSPS) is 54.6. The van der Waals surface area contributed by atoms with Crippen LogP contribution < -0.4 is 0 Å². The van der Waals surface area contributed by atoms with Gasteiger partial charge >= 0.3 is 0 Å². The molecule has 4 saturated carbocycles. The predicted octanol–water partition coefficient (Wildman–Crippen LogP) is 7.41. The van der Waals surface area contributed by atoms with Crippen LogP contribution >= 0.6 is 0 Å². The van der Waals surface area contributed by atoms with E-state index in [9.17, 15) is 9.59 Å². The molecule has 0 aromatic heterocycles. The van der Waals surface area contributed by atoms with E-state index in [0.29, 0.717) is 46.6 Å². The van der Waals surface area contributed by atoms with Crippen molar-refractivity contribution in [2.45, 2.75) is 107 Å². The molecule has 9 atom stereocenters. The van der Waals surface area contributed by atoms with Crippen molar-refractivity contribution in [3.05, 3.63) is 11.6 Å². The third-order valence-corrected chi connectivity index (χ3v) is 13.2. The lowest BCUT2D eigenvalue weighted by Gasteiger charge is -2.73. The standard InChI is InChI=1S/C30H46O2/c1-18-17-24(32)28(6)15-16-29(7)20(25(28)19(18)2)9-10-22-27(5)13-12-23(31)26(3,4)21(27)11-14-30(22,29)8/h17,19-22,25H,9-16H2,1-8H3/t19-,20+,21-,22-,25-,27+,28+,29-,30-/m1/s1. The summed E-state index contributed by atoms with van der Waals surface area (Å²) in [6, 6.07) is 0. The van der Waals surface area contributed by atoms with Crippen molar-refractivity contribution in [2.24, 2.45) is 56.7 Å². The van der Waals surface area contributed by atoms with Gasteiger partial charge in [0.2, 0.25) is 0 Å². The maximum Gasteiger partial charge on any atom is 0.161 e. The summed E-state index contributed by atoms with van der Waals surface area (Å²) in [7, 11) is 0. The molecular formula is C30H46O2. The highest BCUT2D eigenvalue weighted by atomic mass is 16.1. The number of fused-ring (bicyclic) bond motifs is 7. The van der Waals surface area contributed by atoms with Gasteiger partial charge in [-0.3, -0.25) is 9.59 Å². The molecule has 0 N–H and O–H groups in total. The van der Waals surface area contributed by atoms with E-state index in [4.69, 9.17) is 0 Å². The Balaban J connectivity index is 1.57. The number of carbonyl (C=O) groups is 2. The van der Waals surface area contributed by atoms with E-state index in [0.717, 1.165) is 19.3 Å². The molecule has 0 aromatic carbocycles. The smallest absolute Gasteiger partial charge is 0.161 e. The van der Waals surface area contributed by atoms with Gasteiger partial charge in [0, 0.05) is 17.3 Å². The zero-order valence-electron chi connectivity index (χ0n) is 21.9. The van der Waals surface area contributed by atoms with E-state index in [1.54, 1.807) is 0 Å². The number of hydrogen-bond donors (Lipinski definition) is 0. The van der Waals surface area contributed by atoms with Crippen LogP contribution in [0.3, 0.4) is 0 Å². The summed E-state index contributed by atoms with van der Waals surface area (Å²) in [5, 5.41) is 0. The van der Waals surface area contributed by atoms with Crippen molar-refractivity contribution in [3.63, 3.8) is 0 Å². The fraction of sp³-hybridized carbons (Fsp3) is 0.867. The third-order valence-electron chi connectivity index (χ3n) is 13.2. The number of Topliss-reactive ketones (excluding diaryl/α,β-unsaturated/α-hetero) is 1. The summed E-state index contributed by atoms with van der Waals surface area (Å²) in [5.41, 5.74) is 1.80. The molecule has 32 heavy (non-hydrogen) atoms. The molecule has 2 heteroatoms. The average molecular weight is 439 g/mol. The van der Waals surface area contributed by atoms with Crippen LogP contribution in [0.2, 0.25) is 0 Å². The molecule has 0 bridgehead atoms. The summed E-state index contributed by atoms with van der Waals surface area (Å²) >= 11 is 0. The second-order valence-corrected chi connectivity index (χ2v) is 14.3. The van der Waals surface area contributed by atoms with Gasteiger partial charge in [0.1, 0.15) is 5.78 Å². The van der Waals surface area contributed by atoms with Gasteiger partial charge in [-0.15, -0.1) is 0 Å². The molecule has 0 heterocycles. The molecule has 0 saturated heterocycles. The first-order valence-corrected chi connectivity index (χ1v) is 13.5. The lowest BCUT2D eigenvalue weighted by Crippen LogP contribution is -2.67. The highest BCUT2D eigenvalue weighted by Gasteiger charge is 2.70. The number of rotatable bonds is 0. The molecule has 5 aliphatic rings. The average Bonchev–Trinajstić information content (AvgIpc) is 2.71. The van der Waals surface area contributed by atoms with Crippen molar-refractivity contribution < 1.29 is 9.59 Å². The van der Waals surface area contributed by atoms with Crippen LogP contribution in [-0.2, 0) is 9.59 Å². The Kier molecular flexibility index (Phi) is 4.71. The van der Waals surface area contributed by atoms with E-state index in [1.165, 1.54) is 37.7 Å². The Morgan fingerprint density at radius 3 is 2.19 bits per heavy atom. The molecule has 0 amide bonds. The Morgan fingerprint density at radius 2 is 1.50 bits per heavy atom. The van der Waals surface area contributed by atoms with Gasteiger partial charge < -0.3 is 0 Å². The number of carbonyl (C=O) groups excluding carboxylic acids is 2. The Labute approximate surface area is 196 Å². The molecule has 5 rings (SSSR count). The predicted molar refractivity (Wildman–Crippen MR) is 130 cm³/mol. The largest absolute Gasteiger partial charge is 0.299 e. The third kappa shape index (κ3) is 2.48. The fourth-order valence-corrected chi connectivity index (χ4v) is 10.9. The molecule has 178 valence electrons. The minimum atomic E-state index is -0.177. The molecule has 0 unspecified atom stereocenters. The van der Waals surface area contributed by atoms with Crippen molar-refractivity contribution in [1.82, 2.24) is 0 Å². The molecular weight excluding hydrogens is 392 g/mol. The summed E-state index contributed by atoms with van der Waals surface area (Å²) in [4.78, 5) is 26.2. The lowest BCUT2D eigenvalue weighted by molar-refractivity contribution is -0.235. The quantitative estimate of drug-likeness (QED) is 0.394. The molecule has 4 fully saturated rings. The Bertz CT molecular complexity index is 897. The van der Waals surface area contributed by atoms with Crippen LogP contribution in [-0.4, -0.2) is 11.6 Å². The van der Waals surface area contributed by atoms with Gasteiger partial charge in [-0.05, 0) is 104 Å². The SMILES string of the molecule is CC1=CC(=O)[C@]2(C)CC[C@]3(C)[C@@H](CC[C@@H]4[C@@]5(C)CCC(=O)C(C)(C)[C@H]5CC[C@]43C)[C@H]2[C@@H]1C. The first kappa shape index (κ1) is 22.9.